The Kier molecular flexibility index (Phi) is 4.62. The van der Waals surface area contributed by atoms with Crippen LogP contribution in [0.5, 0.6) is 0 Å². The Balaban J connectivity index is 0. The minimum atomic E-state index is -4.53. The Morgan fingerprint density at radius 2 is 1.56 bits per heavy atom. The molecule has 0 unspecified atom stereocenters. The predicted molar refractivity (Wildman–Crippen MR) is 26.0 cm³/mol. The molecule has 6 heteroatoms. The van der Waals surface area contributed by atoms with Gasteiger partial charge in [-0.1, -0.05) is 0 Å². The van der Waals surface area contributed by atoms with Gasteiger partial charge in [0.1, 0.15) is 15.1 Å². The number of aliphatic hydroxyl groups is 1. The summed E-state index contributed by atoms with van der Waals surface area (Å²) in [6.45, 7) is 1.85. The maximum absolute atomic E-state index is 9.85. The van der Waals surface area contributed by atoms with Crippen molar-refractivity contribution in [2.24, 2.45) is 0 Å². The van der Waals surface area contributed by atoms with Crippen molar-refractivity contribution in [3.05, 3.63) is 0 Å². The third-order valence-electron chi connectivity index (χ3n) is 0.612. The molecule has 0 saturated heterocycles. The molecule has 0 heterocycles. The van der Waals surface area contributed by atoms with E-state index >= 15 is 0 Å². The average molecular weight is 162 g/mol. The quantitative estimate of drug-likeness (QED) is 0.317. The van der Waals surface area contributed by atoms with E-state index in [1.165, 1.54) is 0 Å². The summed E-state index contributed by atoms with van der Waals surface area (Å²) >= 11 is 0. The molecule has 0 aromatic rings. The van der Waals surface area contributed by atoms with Crippen LogP contribution < -0.4 is 29.6 Å². The van der Waals surface area contributed by atoms with E-state index in [1.807, 2.05) is 0 Å². The van der Waals surface area contributed by atoms with Gasteiger partial charge in [0.2, 0.25) is 0 Å². The van der Waals surface area contributed by atoms with Gasteiger partial charge in [-0.05, 0) is 13.8 Å². The first kappa shape index (κ1) is 12.5. The summed E-state index contributed by atoms with van der Waals surface area (Å²) in [5, 5.41) is 8.45. The molecule has 0 bridgehead atoms. The average Bonchev–Trinajstić information content (AvgIpc) is 1.25. The van der Waals surface area contributed by atoms with Crippen LogP contribution in [0, 0.1) is 0 Å². The number of hydrogen-bond donors (Lipinski definition) is 1. The number of hydrogen-bond acceptors (Lipinski definition) is 4. The first-order valence-corrected chi connectivity index (χ1v) is 3.34. The summed E-state index contributed by atoms with van der Waals surface area (Å²) in [5.74, 6) is 0. The summed E-state index contributed by atoms with van der Waals surface area (Å²) in [5.41, 5.74) is 0. The summed E-state index contributed by atoms with van der Waals surface area (Å²) in [4.78, 5) is -2.15. The van der Waals surface area contributed by atoms with Gasteiger partial charge in [0.05, 0.1) is 0 Å². The topological polar surface area (TPSA) is 77.4 Å². The van der Waals surface area contributed by atoms with Gasteiger partial charge in [-0.25, -0.2) is 8.42 Å². The third kappa shape index (κ3) is 4.30. The summed E-state index contributed by atoms with van der Waals surface area (Å²) in [6.07, 6.45) is 0. The number of rotatable bonds is 1. The second kappa shape index (κ2) is 3.32. The second-order valence-electron chi connectivity index (χ2n) is 1.90. The van der Waals surface area contributed by atoms with E-state index in [0.717, 1.165) is 13.8 Å². The largest absolute Gasteiger partial charge is 1.00 e. The molecule has 0 aliphatic heterocycles. The zero-order chi connectivity index (χ0) is 7.00. The molecule has 9 heavy (non-hydrogen) atoms. The maximum atomic E-state index is 9.85. The van der Waals surface area contributed by atoms with Crippen molar-refractivity contribution in [2.45, 2.75) is 18.8 Å². The Morgan fingerprint density at radius 3 is 1.56 bits per heavy atom. The van der Waals surface area contributed by atoms with Crippen LogP contribution in [0.15, 0.2) is 0 Å². The Hall–Kier alpha value is 0.870. The molecule has 0 atom stereocenters. The van der Waals surface area contributed by atoms with Crippen LogP contribution in [-0.4, -0.2) is 23.0 Å². The predicted octanol–water partition coefficient (Wildman–Crippen LogP) is -3.74. The molecule has 4 nitrogen and oxygen atoms in total. The SMILES string of the molecule is CC(C)(O)S(=O)(=O)[O-].[Na+]. The molecular formula is C3H7NaO4S. The van der Waals surface area contributed by atoms with Crippen molar-refractivity contribution in [3.63, 3.8) is 0 Å². The fourth-order valence-corrected chi connectivity index (χ4v) is 0. The van der Waals surface area contributed by atoms with Crippen molar-refractivity contribution in [1.29, 1.82) is 0 Å². The van der Waals surface area contributed by atoms with Crippen molar-refractivity contribution >= 4 is 10.1 Å². The normalized spacial score (nSPS) is 12.4. The molecule has 0 aliphatic rings. The molecule has 0 aromatic carbocycles. The molecule has 0 spiro atoms. The molecule has 0 aliphatic carbocycles. The molecule has 0 rings (SSSR count). The molecule has 0 radical (unpaired) electrons. The minimum Gasteiger partial charge on any atom is -0.746 e. The molecule has 0 saturated carbocycles. The first-order valence-electron chi connectivity index (χ1n) is 1.93. The van der Waals surface area contributed by atoms with Crippen LogP contribution in [0.3, 0.4) is 0 Å². The Labute approximate surface area is 76.3 Å². The van der Waals surface area contributed by atoms with Crippen molar-refractivity contribution in [2.75, 3.05) is 0 Å². The van der Waals surface area contributed by atoms with Gasteiger partial charge in [0.25, 0.3) is 0 Å². The van der Waals surface area contributed by atoms with E-state index in [4.69, 9.17) is 5.11 Å². The van der Waals surface area contributed by atoms with Gasteiger partial charge < -0.3 is 9.66 Å². The first-order chi connectivity index (χ1) is 3.25. The maximum Gasteiger partial charge on any atom is 1.00 e. The van der Waals surface area contributed by atoms with Crippen LogP contribution in [0.4, 0.5) is 0 Å². The summed E-state index contributed by atoms with van der Waals surface area (Å²) in [7, 11) is -4.53. The van der Waals surface area contributed by atoms with Gasteiger partial charge in [-0.2, -0.15) is 0 Å². The molecule has 1 N–H and O–H groups in total. The molecule has 0 amide bonds. The monoisotopic (exact) mass is 162 g/mol. The molecular weight excluding hydrogens is 155 g/mol. The van der Waals surface area contributed by atoms with Crippen LogP contribution >= 0.6 is 0 Å². The van der Waals surface area contributed by atoms with E-state index in [2.05, 4.69) is 0 Å². The third-order valence-corrected chi connectivity index (χ3v) is 1.84. The van der Waals surface area contributed by atoms with Gasteiger partial charge in [-0.15, -0.1) is 0 Å². The summed E-state index contributed by atoms with van der Waals surface area (Å²) < 4.78 is 29.5. The van der Waals surface area contributed by atoms with Gasteiger partial charge >= 0.3 is 29.6 Å². The molecule has 0 aromatic heterocycles. The smallest absolute Gasteiger partial charge is 0.746 e. The zero-order valence-electron chi connectivity index (χ0n) is 5.58. The van der Waals surface area contributed by atoms with E-state index in [0.29, 0.717) is 0 Å². The fraction of sp³-hybridized carbons (Fsp3) is 1.00. The van der Waals surface area contributed by atoms with Gasteiger partial charge in [0.15, 0.2) is 0 Å². The van der Waals surface area contributed by atoms with Crippen molar-refractivity contribution in [1.82, 2.24) is 0 Å². The van der Waals surface area contributed by atoms with E-state index in [1.54, 1.807) is 0 Å². The standard InChI is InChI=1S/C3H8O4S.Na/c1-3(2,4)8(5,6)7;/h4H,1-2H3,(H,5,6,7);/q;+1/p-1. The van der Waals surface area contributed by atoms with Crippen LogP contribution in [-0.2, 0) is 10.1 Å². The van der Waals surface area contributed by atoms with Gasteiger partial charge in [0, 0.05) is 0 Å². The van der Waals surface area contributed by atoms with E-state index in [9.17, 15) is 13.0 Å². The summed E-state index contributed by atoms with van der Waals surface area (Å²) in [6, 6.07) is 0. The Morgan fingerprint density at radius 1 is 1.44 bits per heavy atom. The van der Waals surface area contributed by atoms with Crippen LogP contribution in [0.1, 0.15) is 13.8 Å². The Bertz CT molecular complexity index is 165. The zero-order valence-corrected chi connectivity index (χ0v) is 8.40. The van der Waals surface area contributed by atoms with Crippen LogP contribution in [0.2, 0.25) is 0 Å². The molecule has 0 fully saturated rings. The van der Waals surface area contributed by atoms with E-state index in [-0.39, 0.29) is 29.6 Å². The fourth-order valence-electron chi connectivity index (χ4n) is 0. The molecule has 50 valence electrons. The van der Waals surface area contributed by atoms with E-state index < -0.39 is 15.1 Å². The minimum absolute atomic E-state index is 0. The van der Waals surface area contributed by atoms with Gasteiger partial charge in [-0.3, -0.25) is 0 Å². The van der Waals surface area contributed by atoms with Crippen LogP contribution in [0.25, 0.3) is 0 Å². The second-order valence-corrected chi connectivity index (χ2v) is 3.81. The van der Waals surface area contributed by atoms with Crippen molar-refractivity contribution in [3.8, 4) is 0 Å². The van der Waals surface area contributed by atoms with Crippen molar-refractivity contribution < 1.29 is 47.6 Å².